The first-order valence-corrected chi connectivity index (χ1v) is 40.4. The van der Waals surface area contributed by atoms with Gasteiger partial charge in [0.1, 0.15) is 19.3 Å². The highest BCUT2D eigenvalue weighted by Crippen LogP contribution is 2.45. The van der Waals surface area contributed by atoms with Crippen molar-refractivity contribution in [3.8, 4) is 0 Å². The minimum Gasteiger partial charge on any atom is -0.462 e. The van der Waals surface area contributed by atoms with E-state index in [1.165, 1.54) is 44.9 Å². The third-order valence-corrected chi connectivity index (χ3v) is 17.0. The lowest BCUT2D eigenvalue weighted by Crippen LogP contribution is -2.30. The Morgan fingerprint density at radius 2 is 0.571 bits per heavy atom. The molecule has 0 saturated carbocycles. The zero-order valence-electron chi connectivity index (χ0n) is 60.9. The average Bonchev–Trinajstić information content (AvgIpc) is 1.04. The first kappa shape index (κ1) is 93.2. The highest BCUT2D eigenvalue weighted by atomic mass is 31.2. The molecule has 3 N–H and O–H groups in total. The summed E-state index contributed by atoms with van der Waals surface area (Å²) in [5.74, 6) is -2.37. The van der Waals surface area contributed by atoms with E-state index in [-0.39, 0.29) is 25.7 Å². The largest absolute Gasteiger partial charge is 0.472 e. The van der Waals surface area contributed by atoms with Crippen LogP contribution in [0.3, 0.4) is 0 Å². The summed E-state index contributed by atoms with van der Waals surface area (Å²) in [6, 6.07) is 0. The first-order valence-electron chi connectivity index (χ1n) is 37.4. The number of ether oxygens (including phenoxy) is 4. The summed E-state index contributed by atoms with van der Waals surface area (Å²) in [4.78, 5) is 72.7. The van der Waals surface area contributed by atoms with Crippen molar-refractivity contribution in [1.82, 2.24) is 0 Å². The van der Waals surface area contributed by atoms with Gasteiger partial charge in [0, 0.05) is 19.3 Å². The number of unbranched alkanes of at least 4 members (excludes halogenated alkanes) is 22. The van der Waals surface area contributed by atoms with Gasteiger partial charge in [-0.25, -0.2) is 9.13 Å². The van der Waals surface area contributed by atoms with Crippen molar-refractivity contribution in [2.75, 3.05) is 39.6 Å². The molecule has 0 spiro atoms. The molecular weight excluding hydrogens is 1280 g/mol. The molecule has 560 valence electrons. The number of aliphatic hydroxyl groups is 1. The lowest BCUT2D eigenvalue weighted by Gasteiger charge is -2.21. The standard InChI is InChI=1S/C79H132O17P2/c1-5-9-13-17-21-25-29-33-36-40-43-47-51-55-59-63-76(81)89-69-74(95-78(83)65-61-57-53-49-45-39-32-28-24-20-16-12-8-4)71-93-97(85,86)91-67-73(80)68-92-98(87,88)94-72-75(96-79(84)66-62-58-54-50-46-42-38-35-31-27-23-19-15-11-7-3)70-90-77(82)64-60-56-52-48-44-41-37-34-30-26-22-18-14-10-6-2/h9-10,13-14,21-23,25-28,32-38,44,48,56,60,73-75,80H,5-8,11-12,15-20,24,29-31,39-43,45-47,49-55,57-59,61-72H2,1-4H3,(H,85,86)(H,87,88)/b13-9-,14-10-,25-21-,26-22-,27-23-,32-28-,36-33-,37-34-,38-35-,48-44-,60-56-. The van der Waals surface area contributed by atoms with Crippen LogP contribution in [0.1, 0.15) is 285 Å². The Morgan fingerprint density at radius 1 is 0.306 bits per heavy atom. The molecule has 0 aliphatic heterocycles. The van der Waals surface area contributed by atoms with E-state index in [0.717, 1.165) is 161 Å². The summed E-state index contributed by atoms with van der Waals surface area (Å²) < 4.78 is 68.3. The number of allylic oxidation sites excluding steroid dienone is 21. The summed E-state index contributed by atoms with van der Waals surface area (Å²) in [5.41, 5.74) is 0. The number of hydrogen-bond acceptors (Lipinski definition) is 15. The Morgan fingerprint density at radius 3 is 0.939 bits per heavy atom. The number of phosphoric acid groups is 2. The van der Waals surface area contributed by atoms with Crippen LogP contribution in [0, 0.1) is 0 Å². The lowest BCUT2D eigenvalue weighted by molar-refractivity contribution is -0.161. The Bertz CT molecular complexity index is 2380. The Hall–Kier alpha value is -4.80. The van der Waals surface area contributed by atoms with Crippen LogP contribution in [0.2, 0.25) is 0 Å². The van der Waals surface area contributed by atoms with Gasteiger partial charge in [-0.2, -0.15) is 0 Å². The summed E-state index contributed by atoms with van der Waals surface area (Å²) >= 11 is 0. The second kappa shape index (κ2) is 70.6. The number of rotatable bonds is 69. The van der Waals surface area contributed by atoms with E-state index in [4.69, 9.17) is 37.0 Å². The zero-order chi connectivity index (χ0) is 71.8. The predicted octanol–water partition coefficient (Wildman–Crippen LogP) is 21.3. The van der Waals surface area contributed by atoms with Crippen LogP contribution in [-0.2, 0) is 65.4 Å². The van der Waals surface area contributed by atoms with Gasteiger partial charge < -0.3 is 33.8 Å². The van der Waals surface area contributed by atoms with Gasteiger partial charge in [-0.05, 0) is 141 Å². The van der Waals surface area contributed by atoms with Gasteiger partial charge in [-0.15, -0.1) is 0 Å². The second-order valence-electron chi connectivity index (χ2n) is 24.5. The van der Waals surface area contributed by atoms with Crippen molar-refractivity contribution < 1.29 is 80.2 Å². The lowest BCUT2D eigenvalue weighted by atomic mass is 10.1. The summed E-state index contributed by atoms with van der Waals surface area (Å²) in [6.45, 7) is 4.43. The van der Waals surface area contributed by atoms with Crippen molar-refractivity contribution in [3.63, 3.8) is 0 Å². The molecule has 5 unspecified atom stereocenters. The summed E-state index contributed by atoms with van der Waals surface area (Å²) in [7, 11) is -9.99. The minimum absolute atomic E-state index is 0.0561. The molecule has 5 atom stereocenters. The molecular formula is C79H132O17P2. The molecule has 0 fully saturated rings. The monoisotopic (exact) mass is 1410 g/mol. The van der Waals surface area contributed by atoms with Gasteiger partial charge in [0.2, 0.25) is 0 Å². The van der Waals surface area contributed by atoms with E-state index in [0.29, 0.717) is 25.7 Å². The van der Waals surface area contributed by atoms with E-state index in [9.17, 15) is 43.2 Å². The quantitative estimate of drug-likeness (QED) is 0.0169. The van der Waals surface area contributed by atoms with Crippen LogP contribution in [0.15, 0.2) is 134 Å². The van der Waals surface area contributed by atoms with E-state index >= 15 is 0 Å². The number of esters is 4. The third kappa shape index (κ3) is 69.7. The van der Waals surface area contributed by atoms with E-state index in [1.54, 1.807) is 6.08 Å². The Balaban J connectivity index is 5.45. The van der Waals surface area contributed by atoms with Crippen LogP contribution in [0.25, 0.3) is 0 Å². The van der Waals surface area contributed by atoms with Gasteiger partial charge in [-0.3, -0.25) is 37.3 Å². The normalized spacial score (nSPS) is 14.7. The van der Waals surface area contributed by atoms with Crippen LogP contribution < -0.4 is 0 Å². The molecule has 17 nitrogen and oxygen atoms in total. The first-order chi connectivity index (χ1) is 47.7. The highest BCUT2D eigenvalue weighted by molar-refractivity contribution is 7.47. The van der Waals surface area contributed by atoms with Crippen molar-refractivity contribution in [1.29, 1.82) is 0 Å². The molecule has 0 aliphatic rings. The molecule has 0 rings (SSSR count). The topological polar surface area (TPSA) is 237 Å². The molecule has 98 heavy (non-hydrogen) atoms. The van der Waals surface area contributed by atoms with Crippen molar-refractivity contribution in [3.05, 3.63) is 134 Å². The molecule has 0 aromatic carbocycles. The minimum atomic E-state index is -5.00. The number of carbonyl (C=O) groups excluding carboxylic acids is 4. The van der Waals surface area contributed by atoms with Crippen molar-refractivity contribution in [2.24, 2.45) is 0 Å². The Kier molecular flexibility index (Phi) is 67.2. The van der Waals surface area contributed by atoms with Gasteiger partial charge in [0.15, 0.2) is 12.2 Å². The number of carbonyl (C=O) groups is 4. The SMILES string of the molecule is CC/C=C\C/C=C\C/C=C\C/C=C\C/C=C\CC(=O)OCC(COP(=O)(O)OCC(O)COP(=O)(O)OCC(COC(=O)CCCCCCC/C=C\C/C=C\C/C=C\CC)OC(=O)CCCCCCC/C=C\CCCCCC)OC(=O)CCCCCCC/C=C\C/C=C\CCCCC. The summed E-state index contributed by atoms with van der Waals surface area (Å²) in [5, 5.41) is 10.6. The van der Waals surface area contributed by atoms with Crippen molar-refractivity contribution in [2.45, 2.75) is 303 Å². The van der Waals surface area contributed by atoms with E-state index < -0.39 is 97.5 Å². The van der Waals surface area contributed by atoms with Crippen LogP contribution in [0.4, 0.5) is 0 Å². The van der Waals surface area contributed by atoms with Crippen LogP contribution in [0.5, 0.6) is 0 Å². The average molecular weight is 1420 g/mol. The number of aliphatic hydroxyl groups excluding tert-OH is 1. The van der Waals surface area contributed by atoms with Crippen LogP contribution in [-0.4, -0.2) is 96.7 Å². The summed E-state index contributed by atoms with van der Waals surface area (Å²) in [6.07, 6.45) is 77.6. The molecule has 0 aliphatic carbocycles. The smallest absolute Gasteiger partial charge is 0.462 e. The molecule has 0 amide bonds. The van der Waals surface area contributed by atoms with Gasteiger partial charge in [0.05, 0.1) is 32.8 Å². The highest BCUT2D eigenvalue weighted by Gasteiger charge is 2.30. The molecule has 0 bridgehead atoms. The molecule has 0 aromatic heterocycles. The molecule has 0 saturated heterocycles. The second-order valence-corrected chi connectivity index (χ2v) is 27.4. The fourth-order valence-electron chi connectivity index (χ4n) is 9.45. The molecule has 0 heterocycles. The molecule has 19 heteroatoms. The van der Waals surface area contributed by atoms with Gasteiger partial charge >= 0.3 is 39.5 Å². The molecule has 0 radical (unpaired) electrons. The number of phosphoric ester groups is 2. The third-order valence-electron chi connectivity index (χ3n) is 15.1. The maximum Gasteiger partial charge on any atom is 0.472 e. The molecule has 0 aromatic rings. The fraction of sp³-hybridized carbons (Fsp3) is 0.671. The Labute approximate surface area is 593 Å². The number of hydrogen-bond donors (Lipinski definition) is 3. The van der Waals surface area contributed by atoms with Crippen molar-refractivity contribution >= 4 is 39.5 Å². The zero-order valence-corrected chi connectivity index (χ0v) is 62.7. The van der Waals surface area contributed by atoms with Gasteiger partial charge in [0.25, 0.3) is 0 Å². The maximum absolute atomic E-state index is 13.1. The van der Waals surface area contributed by atoms with E-state index in [1.807, 2.05) is 18.2 Å². The fourth-order valence-corrected chi connectivity index (χ4v) is 11.0. The van der Waals surface area contributed by atoms with E-state index in [2.05, 4.69) is 137 Å². The van der Waals surface area contributed by atoms with Crippen LogP contribution >= 0.6 is 15.6 Å². The maximum atomic E-state index is 13.1. The predicted molar refractivity (Wildman–Crippen MR) is 399 cm³/mol. The van der Waals surface area contributed by atoms with Gasteiger partial charge in [-0.1, -0.05) is 251 Å².